The maximum atomic E-state index is 11.1. The molecule has 0 fully saturated rings. The standard InChI is InChI=1S/C10H10N6OS/c11-8(17)5-1-2-14-6(3-5)7-4-18-10(15-7)16-9(12)13/h1-4H,(H2,11,17)(H4,12,13,15,16). The number of aliphatic imine (C=N–C) groups is 1. The van der Waals surface area contributed by atoms with Crippen molar-refractivity contribution in [3.8, 4) is 11.4 Å². The lowest BCUT2D eigenvalue weighted by atomic mass is 10.2. The van der Waals surface area contributed by atoms with Crippen LogP contribution in [0.5, 0.6) is 0 Å². The summed E-state index contributed by atoms with van der Waals surface area (Å²) in [6.07, 6.45) is 1.50. The Morgan fingerprint density at radius 3 is 2.72 bits per heavy atom. The summed E-state index contributed by atoms with van der Waals surface area (Å²) in [6.45, 7) is 0. The van der Waals surface area contributed by atoms with Gasteiger partial charge in [-0.2, -0.15) is 4.99 Å². The molecule has 92 valence electrons. The van der Waals surface area contributed by atoms with E-state index < -0.39 is 5.91 Å². The number of amides is 1. The largest absolute Gasteiger partial charge is 0.370 e. The fourth-order valence-electron chi connectivity index (χ4n) is 1.27. The summed E-state index contributed by atoms with van der Waals surface area (Å²) in [6, 6.07) is 3.10. The summed E-state index contributed by atoms with van der Waals surface area (Å²) in [7, 11) is 0. The molecule has 0 radical (unpaired) electrons. The molecule has 2 aromatic heterocycles. The minimum absolute atomic E-state index is 0.0604. The van der Waals surface area contributed by atoms with Gasteiger partial charge in [-0.15, -0.1) is 11.3 Å². The predicted octanol–water partition coefficient (Wildman–Crippen LogP) is 0.209. The molecule has 0 saturated heterocycles. The van der Waals surface area contributed by atoms with Gasteiger partial charge in [0.1, 0.15) is 5.69 Å². The molecule has 6 N–H and O–H groups in total. The number of rotatable bonds is 3. The predicted molar refractivity (Wildman–Crippen MR) is 69.3 cm³/mol. The van der Waals surface area contributed by atoms with Gasteiger partial charge in [0, 0.05) is 17.1 Å². The van der Waals surface area contributed by atoms with Gasteiger partial charge >= 0.3 is 0 Å². The van der Waals surface area contributed by atoms with Crippen LogP contribution < -0.4 is 17.2 Å². The lowest BCUT2D eigenvalue weighted by molar-refractivity contribution is 0.1000. The van der Waals surface area contributed by atoms with Crippen LogP contribution in [0, 0.1) is 0 Å². The molecule has 2 rings (SSSR count). The van der Waals surface area contributed by atoms with Crippen LogP contribution in [-0.2, 0) is 0 Å². The van der Waals surface area contributed by atoms with Crippen LogP contribution in [0.4, 0.5) is 5.13 Å². The molecule has 0 aromatic carbocycles. The number of nitrogens with two attached hydrogens (primary N) is 3. The van der Waals surface area contributed by atoms with Crippen molar-refractivity contribution in [3.05, 3.63) is 29.3 Å². The normalized spacial score (nSPS) is 10.0. The fourth-order valence-corrected chi connectivity index (χ4v) is 1.97. The summed E-state index contributed by atoms with van der Waals surface area (Å²) in [5.41, 5.74) is 17.2. The Labute approximate surface area is 106 Å². The van der Waals surface area contributed by atoms with Gasteiger partial charge in [-0.3, -0.25) is 9.78 Å². The molecule has 18 heavy (non-hydrogen) atoms. The monoisotopic (exact) mass is 262 g/mol. The molecule has 2 aromatic rings. The van der Waals surface area contributed by atoms with Crippen LogP contribution in [0.3, 0.4) is 0 Å². The van der Waals surface area contributed by atoms with Crippen molar-refractivity contribution in [1.29, 1.82) is 0 Å². The van der Waals surface area contributed by atoms with E-state index in [1.165, 1.54) is 23.6 Å². The van der Waals surface area contributed by atoms with Crippen LogP contribution in [0.2, 0.25) is 0 Å². The first-order valence-electron chi connectivity index (χ1n) is 4.87. The van der Waals surface area contributed by atoms with E-state index in [4.69, 9.17) is 17.2 Å². The van der Waals surface area contributed by atoms with E-state index in [1.807, 2.05) is 0 Å². The lowest BCUT2D eigenvalue weighted by Crippen LogP contribution is -2.21. The maximum absolute atomic E-state index is 11.1. The second-order valence-corrected chi connectivity index (χ2v) is 4.18. The van der Waals surface area contributed by atoms with Gasteiger partial charge in [0.05, 0.1) is 5.69 Å². The summed E-state index contributed by atoms with van der Waals surface area (Å²) in [5, 5.41) is 2.17. The number of hydrogen-bond donors (Lipinski definition) is 3. The molecule has 0 aliphatic carbocycles. The van der Waals surface area contributed by atoms with Crippen molar-refractivity contribution in [2.45, 2.75) is 0 Å². The molecular formula is C10H10N6OS. The first-order valence-corrected chi connectivity index (χ1v) is 5.75. The van der Waals surface area contributed by atoms with Crippen LogP contribution >= 0.6 is 11.3 Å². The second kappa shape index (κ2) is 4.80. The van der Waals surface area contributed by atoms with E-state index in [0.29, 0.717) is 22.1 Å². The summed E-state index contributed by atoms with van der Waals surface area (Å²) in [4.78, 5) is 23.2. The zero-order valence-electron chi connectivity index (χ0n) is 9.20. The SMILES string of the molecule is NC(=O)c1ccnc(-c2csc(N=C(N)N)n2)c1. The maximum Gasteiger partial charge on any atom is 0.248 e. The second-order valence-electron chi connectivity index (χ2n) is 3.35. The Morgan fingerprint density at radius 1 is 1.28 bits per heavy atom. The Bertz CT molecular complexity index is 616. The molecule has 7 nitrogen and oxygen atoms in total. The molecule has 1 amide bonds. The quantitative estimate of drug-likeness (QED) is 0.537. The third-order valence-corrected chi connectivity index (χ3v) is 2.76. The van der Waals surface area contributed by atoms with E-state index in [2.05, 4.69) is 15.0 Å². The van der Waals surface area contributed by atoms with Crippen LogP contribution in [0.25, 0.3) is 11.4 Å². The number of aromatic nitrogens is 2. The lowest BCUT2D eigenvalue weighted by Gasteiger charge is -1.98. The van der Waals surface area contributed by atoms with Gasteiger partial charge in [-0.1, -0.05) is 0 Å². The first-order chi connectivity index (χ1) is 8.56. The van der Waals surface area contributed by atoms with Crippen molar-refractivity contribution < 1.29 is 4.79 Å². The van der Waals surface area contributed by atoms with Gasteiger partial charge in [-0.25, -0.2) is 4.98 Å². The molecular weight excluding hydrogens is 252 g/mol. The Kier molecular flexibility index (Phi) is 3.20. The zero-order valence-corrected chi connectivity index (χ0v) is 10.0. The van der Waals surface area contributed by atoms with Crippen LogP contribution in [0.15, 0.2) is 28.7 Å². The smallest absolute Gasteiger partial charge is 0.248 e. The number of nitrogens with zero attached hydrogens (tertiary/aromatic N) is 3. The average Bonchev–Trinajstić information content (AvgIpc) is 2.77. The highest BCUT2D eigenvalue weighted by Gasteiger charge is 2.08. The Balaban J connectivity index is 2.37. The highest BCUT2D eigenvalue weighted by molar-refractivity contribution is 7.13. The third-order valence-electron chi connectivity index (χ3n) is 2.02. The Hall–Kier alpha value is -2.48. The van der Waals surface area contributed by atoms with E-state index in [1.54, 1.807) is 11.4 Å². The van der Waals surface area contributed by atoms with Crippen LogP contribution in [0.1, 0.15) is 10.4 Å². The number of primary amides is 1. The van der Waals surface area contributed by atoms with Gasteiger partial charge in [0.2, 0.25) is 11.0 Å². The van der Waals surface area contributed by atoms with E-state index in [-0.39, 0.29) is 5.96 Å². The number of hydrogen-bond acceptors (Lipinski definition) is 5. The van der Waals surface area contributed by atoms with Crippen molar-refractivity contribution in [3.63, 3.8) is 0 Å². The highest BCUT2D eigenvalue weighted by atomic mass is 32.1. The summed E-state index contributed by atoms with van der Waals surface area (Å²) in [5.74, 6) is -0.576. The number of thiazole rings is 1. The molecule has 0 spiro atoms. The average molecular weight is 262 g/mol. The third kappa shape index (κ3) is 2.61. The molecule has 2 heterocycles. The van der Waals surface area contributed by atoms with Crippen molar-refractivity contribution in [2.24, 2.45) is 22.2 Å². The molecule has 0 aliphatic rings. The summed E-state index contributed by atoms with van der Waals surface area (Å²) < 4.78 is 0. The molecule has 8 heteroatoms. The van der Waals surface area contributed by atoms with Gasteiger partial charge in [0.25, 0.3) is 0 Å². The van der Waals surface area contributed by atoms with Crippen molar-refractivity contribution in [1.82, 2.24) is 9.97 Å². The fraction of sp³-hybridized carbons (Fsp3) is 0. The first kappa shape index (κ1) is 12.0. The molecule has 0 saturated carbocycles. The number of pyridine rings is 1. The van der Waals surface area contributed by atoms with Gasteiger partial charge in [-0.05, 0) is 12.1 Å². The van der Waals surface area contributed by atoms with E-state index in [0.717, 1.165) is 0 Å². The Morgan fingerprint density at radius 2 is 2.06 bits per heavy atom. The molecule has 0 unspecified atom stereocenters. The van der Waals surface area contributed by atoms with E-state index in [9.17, 15) is 4.79 Å². The van der Waals surface area contributed by atoms with Crippen molar-refractivity contribution >= 4 is 28.3 Å². The minimum atomic E-state index is -0.515. The number of guanidine groups is 1. The van der Waals surface area contributed by atoms with Gasteiger partial charge in [0.15, 0.2) is 5.96 Å². The highest BCUT2D eigenvalue weighted by Crippen LogP contribution is 2.25. The molecule has 0 bridgehead atoms. The number of carbonyl (C=O) groups excluding carboxylic acids is 1. The van der Waals surface area contributed by atoms with E-state index >= 15 is 0 Å². The zero-order chi connectivity index (χ0) is 13.1. The number of carbonyl (C=O) groups is 1. The summed E-state index contributed by atoms with van der Waals surface area (Å²) >= 11 is 1.27. The van der Waals surface area contributed by atoms with Gasteiger partial charge < -0.3 is 17.2 Å². The van der Waals surface area contributed by atoms with Crippen LogP contribution in [-0.4, -0.2) is 21.8 Å². The van der Waals surface area contributed by atoms with Crippen molar-refractivity contribution in [2.75, 3.05) is 0 Å². The molecule has 0 aliphatic heterocycles. The minimum Gasteiger partial charge on any atom is -0.370 e. The molecule has 0 atom stereocenters. The topological polar surface area (TPSA) is 133 Å².